The Kier molecular flexibility index (Phi) is 5.26. The molecule has 5 nitrogen and oxygen atoms in total. The third kappa shape index (κ3) is 3.76. The molecule has 1 aliphatic heterocycles. The average molecular weight is 474 g/mol. The third-order valence-electron chi connectivity index (χ3n) is 9.62. The number of amides is 1. The minimum absolute atomic E-state index is 0.0973. The maximum Gasteiger partial charge on any atom is 0.255 e. The van der Waals surface area contributed by atoms with E-state index in [2.05, 4.69) is 38.3 Å². The number of likely N-dealkylation sites (tertiary alicyclic amines) is 1. The van der Waals surface area contributed by atoms with Crippen LogP contribution in [-0.4, -0.2) is 48.2 Å². The van der Waals surface area contributed by atoms with Gasteiger partial charge in [-0.25, -0.2) is 0 Å². The van der Waals surface area contributed by atoms with E-state index < -0.39 is 0 Å². The van der Waals surface area contributed by atoms with E-state index in [1.165, 1.54) is 24.9 Å². The van der Waals surface area contributed by atoms with E-state index in [9.17, 15) is 9.90 Å². The highest BCUT2D eigenvalue weighted by Gasteiger charge is 2.56. The van der Waals surface area contributed by atoms with Gasteiger partial charge in [-0.3, -0.25) is 4.79 Å². The zero-order valence-corrected chi connectivity index (χ0v) is 21.1. The summed E-state index contributed by atoms with van der Waals surface area (Å²) in [6, 6.07) is 12.6. The first kappa shape index (κ1) is 22.7. The predicted octanol–water partition coefficient (Wildman–Crippen LogP) is 5.19. The summed E-state index contributed by atoms with van der Waals surface area (Å²) in [6.45, 7) is 7.65. The van der Waals surface area contributed by atoms with Gasteiger partial charge in [-0.15, -0.1) is 0 Å². The number of hydrogen-bond acceptors (Lipinski definition) is 3. The van der Waals surface area contributed by atoms with Crippen LogP contribution in [-0.2, 0) is 18.3 Å². The number of benzene rings is 2. The van der Waals surface area contributed by atoms with Crippen molar-refractivity contribution in [2.45, 2.75) is 57.4 Å². The van der Waals surface area contributed by atoms with Gasteiger partial charge in [0.05, 0.1) is 38.0 Å². The van der Waals surface area contributed by atoms with Gasteiger partial charge in [0.1, 0.15) is 11.3 Å². The summed E-state index contributed by atoms with van der Waals surface area (Å²) in [6.07, 6.45) is 7.24. The Balaban J connectivity index is 1.21. The molecule has 2 N–H and O–H groups in total. The van der Waals surface area contributed by atoms with E-state index in [1.54, 1.807) is 6.26 Å². The Labute approximate surface area is 207 Å². The number of rotatable bonds is 6. The summed E-state index contributed by atoms with van der Waals surface area (Å²) in [5.41, 5.74) is 4.59. The second-order valence-electron chi connectivity index (χ2n) is 11.9. The molecule has 2 aliphatic carbocycles. The number of carbonyl (C=O) groups excluding carboxylic acids is 1. The van der Waals surface area contributed by atoms with Gasteiger partial charge in [0.2, 0.25) is 0 Å². The number of carbonyl (C=O) groups is 1. The number of aromatic hydroxyl groups is 1. The SMILES string of the molecule is C[C@H]1[C@H]2Cc3ccc(C(=O)NCCc4ccc5occc5c4)c(O)c3[C@]1(C)CC[N+]2(C)CC1CC1. The van der Waals surface area contributed by atoms with Crippen LogP contribution in [0.25, 0.3) is 11.0 Å². The molecule has 2 bridgehead atoms. The van der Waals surface area contributed by atoms with Crippen molar-refractivity contribution in [1.29, 1.82) is 0 Å². The normalized spacial score (nSPS) is 29.7. The van der Waals surface area contributed by atoms with E-state index >= 15 is 0 Å². The van der Waals surface area contributed by atoms with Crippen LogP contribution in [0.2, 0.25) is 0 Å². The van der Waals surface area contributed by atoms with Crippen LogP contribution in [0.15, 0.2) is 47.1 Å². The van der Waals surface area contributed by atoms with E-state index in [4.69, 9.17) is 4.42 Å². The lowest BCUT2D eigenvalue weighted by atomic mass is 9.57. The van der Waals surface area contributed by atoms with Crippen molar-refractivity contribution in [2.75, 3.05) is 26.7 Å². The Morgan fingerprint density at radius 1 is 1.23 bits per heavy atom. The Morgan fingerprint density at radius 2 is 2.06 bits per heavy atom. The number of fused-ring (bicyclic) bond motifs is 5. The molecule has 2 fully saturated rings. The molecule has 6 rings (SSSR count). The van der Waals surface area contributed by atoms with Crippen LogP contribution in [0, 0.1) is 11.8 Å². The molecule has 5 heteroatoms. The van der Waals surface area contributed by atoms with Crippen molar-refractivity contribution >= 4 is 16.9 Å². The number of furan rings is 1. The van der Waals surface area contributed by atoms with Crippen LogP contribution in [0.3, 0.4) is 0 Å². The molecular formula is C30H37N2O3+. The molecule has 1 saturated carbocycles. The summed E-state index contributed by atoms with van der Waals surface area (Å²) >= 11 is 0. The van der Waals surface area contributed by atoms with Crippen molar-refractivity contribution in [1.82, 2.24) is 5.32 Å². The number of likely N-dealkylation sites (N-methyl/N-ethyl adjacent to an activating group) is 1. The summed E-state index contributed by atoms with van der Waals surface area (Å²) in [7, 11) is 2.45. The fourth-order valence-corrected chi connectivity index (χ4v) is 7.15. The lowest BCUT2D eigenvalue weighted by Gasteiger charge is -2.58. The first-order valence-corrected chi connectivity index (χ1v) is 13.2. The highest BCUT2D eigenvalue weighted by Crippen LogP contribution is 2.54. The second kappa shape index (κ2) is 8.12. The fraction of sp³-hybridized carbons (Fsp3) is 0.500. The molecule has 1 aromatic heterocycles. The first-order chi connectivity index (χ1) is 16.8. The molecule has 2 heterocycles. The van der Waals surface area contributed by atoms with Crippen molar-refractivity contribution in [3.63, 3.8) is 0 Å². The minimum Gasteiger partial charge on any atom is -0.507 e. The quantitative estimate of drug-likeness (QED) is 0.485. The summed E-state index contributed by atoms with van der Waals surface area (Å²) < 4.78 is 6.57. The Morgan fingerprint density at radius 3 is 2.86 bits per heavy atom. The molecule has 0 radical (unpaired) electrons. The van der Waals surface area contributed by atoms with Gasteiger partial charge in [0.25, 0.3) is 5.91 Å². The monoisotopic (exact) mass is 473 g/mol. The Bertz CT molecular complexity index is 1290. The number of nitrogens with one attached hydrogen (secondary N) is 1. The van der Waals surface area contributed by atoms with Crippen molar-refractivity contribution in [2.24, 2.45) is 11.8 Å². The van der Waals surface area contributed by atoms with Crippen molar-refractivity contribution < 1.29 is 18.8 Å². The van der Waals surface area contributed by atoms with E-state index in [1.807, 2.05) is 24.3 Å². The first-order valence-electron chi connectivity index (χ1n) is 13.2. The van der Waals surface area contributed by atoms with Gasteiger partial charge >= 0.3 is 0 Å². The van der Waals surface area contributed by atoms with Gasteiger partial charge in [0.15, 0.2) is 0 Å². The van der Waals surface area contributed by atoms with Crippen LogP contribution in [0.4, 0.5) is 0 Å². The third-order valence-corrected chi connectivity index (χ3v) is 9.62. The summed E-state index contributed by atoms with van der Waals surface area (Å²) in [4.78, 5) is 13.1. The molecule has 1 unspecified atom stereocenters. The van der Waals surface area contributed by atoms with Crippen LogP contribution in [0.5, 0.6) is 5.75 Å². The number of hydrogen-bond donors (Lipinski definition) is 2. The molecule has 184 valence electrons. The Hall–Kier alpha value is -2.79. The van der Waals surface area contributed by atoms with E-state index in [-0.39, 0.29) is 17.1 Å². The molecule has 1 amide bonds. The second-order valence-corrected chi connectivity index (χ2v) is 11.9. The van der Waals surface area contributed by atoms with Crippen LogP contribution >= 0.6 is 0 Å². The van der Waals surface area contributed by atoms with Crippen molar-refractivity contribution in [3.05, 3.63) is 64.9 Å². The highest BCUT2D eigenvalue weighted by molar-refractivity contribution is 5.97. The molecule has 4 atom stereocenters. The highest BCUT2D eigenvalue weighted by atomic mass is 16.3. The lowest BCUT2D eigenvalue weighted by molar-refractivity contribution is -0.946. The molecule has 35 heavy (non-hydrogen) atoms. The molecule has 2 aromatic carbocycles. The molecule has 3 aromatic rings. The molecule has 0 spiro atoms. The van der Waals surface area contributed by atoms with E-state index in [0.29, 0.717) is 24.1 Å². The summed E-state index contributed by atoms with van der Waals surface area (Å²) in [5.74, 6) is 1.37. The largest absolute Gasteiger partial charge is 0.507 e. The number of piperidine rings is 1. The standard InChI is InChI=1S/C30H36N2O3/c1-19-25-17-23-7-8-24(29(34)31-13-10-20-6-9-26-22(16-20)11-15-35-26)28(33)27(23)30(19,2)12-14-32(25,3)18-21-4-5-21/h6-9,11,15-16,19,21,25H,4-5,10,12-14,17-18H2,1-3H3,(H-,31,33,34)/p+1/t19-,25+,30+,32?/m0/s1. The number of nitrogens with zero attached hydrogens (tertiary/aromatic N) is 1. The summed E-state index contributed by atoms with van der Waals surface area (Å²) in [5, 5.41) is 15.5. The smallest absolute Gasteiger partial charge is 0.255 e. The lowest BCUT2D eigenvalue weighted by Crippen LogP contribution is -2.67. The van der Waals surface area contributed by atoms with Gasteiger partial charge in [-0.1, -0.05) is 26.0 Å². The van der Waals surface area contributed by atoms with Crippen molar-refractivity contribution in [3.8, 4) is 5.75 Å². The number of phenolic OH excluding ortho intramolecular Hbond substituents is 1. The maximum absolute atomic E-state index is 13.1. The molecule has 3 aliphatic rings. The number of phenols is 1. The fourth-order valence-electron chi connectivity index (χ4n) is 7.15. The maximum atomic E-state index is 13.1. The van der Waals surface area contributed by atoms with E-state index in [0.717, 1.165) is 58.3 Å². The number of quaternary nitrogens is 1. The van der Waals surface area contributed by atoms with Gasteiger partial charge < -0.3 is 19.3 Å². The molecular weight excluding hydrogens is 436 g/mol. The van der Waals surface area contributed by atoms with Gasteiger partial charge in [0, 0.05) is 47.6 Å². The average Bonchev–Trinajstić information content (AvgIpc) is 3.51. The minimum atomic E-state index is -0.196. The zero-order chi connectivity index (χ0) is 24.4. The van der Waals surface area contributed by atoms with Crippen LogP contribution in [0.1, 0.15) is 60.2 Å². The topological polar surface area (TPSA) is 62.5 Å². The van der Waals surface area contributed by atoms with Gasteiger partial charge in [-0.05, 0) is 54.7 Å². The van der Waals surface area contributed by atoms with Crippen LogP contribution < -0.4 is 5.32 Å². The molecule has 1 saturated heterocycles. The van der Waals surface area contributed by atoms with Gasteiger partial charge in [-0.2, -0.15) is 0 Å². The predicted molar refractivity (Wildman–Crippen MR) is 138 cm³/mol. The zero-order valence-electron chi connectivity index (χ0n) is 21.1.